The van der Waals surface area contributed by atoms with Gasteiger partial charge >= 0.3 is 5.97 Å². The van der Waals surface area contributed by atoms with E-state index in [4.69, 9.17) is 14.2 Å². The number of aliphatic hydroxyl groups is 5. The van der Waals surface area contributed by atoms with Crippen molar-refractivity contribution in [2.75, 3.05) is 13.2 Å². The first-order valence-corrected chi connectivity index (χ1v) is 32.5. The fourth-order valence-electron chi connectivity index (χ4n) is 9.59. The van der Waals surface area contributed by atoms with Crippen LogP contribution < -0.4 is 5.32 Å². The number of carbonyl (C=O) groups is 2. The van der Waals surface area contributed by atoms with Crippen LogP contribution in [0, 0.1) is 0 Å². The van der Waals surface area contributed by atoms with Crippen molar-refractivity contribution in [1.29, 1.82) is 0 Å². The highest BCUT2D eigenvalue weighted by Crippen LogP contribution is 2.26. The van der Waals surface area contributed by atoms with E-state index < -0.39 is 67.4 Å². The Hall–Kier alpha value is -3.42. The Bertz CT molecular complexity index is 1670. The topological polar surface area (TPSA) is 175 Å². The summed E-state index contributed by atoms with van der Waals surface area (Å²) in [7, 11) is 0. The molecule has 1 amide bonds. The van der Waals surface area contributed by atoms with E-state index in [1.165, 1.54) is 109 Å². The van der Waals surface area contributed by atoms with Crippen molar-refractivity contribution in [3.05, 3.63) is 97.2 Å². The summed E-state index contributed by atoms with van der Waals surface area (Å²) in [5, 5.41) is 56.9. The summed E-state index contributed by atoms with van der Waals surface area (Å²) < 4.78 is 17.6. The predicted molar refractivity (Wildman–Crippen MR) is 333 cm³/mol. The van der Waals surface area contributed by atoms with E-state index in [9.17, 15) is 35.1 Å². The molecular formula is C69H119NO10. The lowest BCUT2D eigenvalue weighted by atomic mass is 9.99. The Morgan fingerprint density at radius 1 is 0.500 bits per heavy atom. The van der Waals surface area contributed by atoms with Crippen molar-refractivity contribution in [2.24, 2.45) is 0 Å². The third kappa shape index (κ3) is 43.3. The zero-order valence-corrected chi connectivity index (χ0v) is 50.9. The number of hydrogen-bond donors (Lipinski definition) is 6. The lowest BCUT2D eigenvalue weighted by molar-refractivity contribution is -0.305. The van der Waals surface area contributed by atoms with Gasteiger partial charge in [0.05, 0.1) is 25.4 Å². The number of aliphatic hydroxyl groups excluding tert-OH is 5. The van der Waals surface area contributed by atoms with E-state index in [0.717, 1.165) is 109 Å². The van der Waals surface area contributed by atoms with Crippen LogP contribution in [0.3, 0.4) is 0 Å². The first-order chi connectivity index (χ1) is 39.2. The highest BCUT2D eigenvalue weighted by Gasteiger charge is 2.47. The zero-order chi connectivity index (χ0) is 58.2. The minimum atomic E-state index is -1.62. The van der Waals surface area contributed by atoms with Crippen molar-refractivity contribution >= 4 is 11.9 Å². The van der Waals surface area contributed by atoms with Gasteiger partial charge in [0.2, 0.25) is 5.91 Å². The van der Waals surface area contributed by atoms with Gasteiger partial charge in [0.15, 0.2) is 12.4 Å². The minimum absolute atomic E-state index is 0.107. The molecule has 0 aromatic rings. The maximum atomic E-state index is 13.4. The van der Waals surface area contributed by atoms with E-state index in [1.807, 2.05) is 6.08 Å². The first-order valence-electron chi connectivity index (χ1n) is 32.5. The van der Waals surface area contributed by atoms with Gasteiger partial charge in [-0.05, 0) is 103 Å². The van der Waals surface area contributed by atoms with Crippen LogP contribution in [0.1, 0.15) is 265 Å². The maximum Gasteiger partial charge on any atom is 0.306 e. The maximum absolute atomic E-state index is 13.4. The molecule has 0 saturated carbocycles. The highest BCUT2D eigenvalue weighted by atomic mass is 16.7. The van der Waals surface area contributed by atoms with Gasteiger partial charge in [0.1, 0.15) is 24.4 Å². The molecule has 1 saturated heterocycles. The summed E-state index contributed by atoms with van der Waals surface area (Å²) >= 11 is 0. The molecule has 1 fully saturated rings. The number of ether oxygens (including phenoxy) is 3. The minimum Gasteiger partial charge on any atom is -0.454 e. The number of hydrogen-bond acceptors (Lipinski definition) is 10. The number of rotatable bonds is 54. The molecule has 1 aliphatic rings. The number of unbranched alkanes of at least 4 members (excludes halogenated alkanes) is 26. The molecule has 460 valence electrons. The van der Waals surface area contributed by atoms with Gasteiger partial charge < -0.3 is 45.1 Å². The largest absolute Gasteiger partial charge is 0.454 e. The van der Waals surface area contributed by atoms with Crippen LogP contribution >= 0.6 is 0 Å². The fraction of sp³-hybridized carbons (Fsp3) is 0.739. The van der Waals surface area contributed by atoms with Gasteiger partial charge in [-0.3, -0.25) is 9.59 Å². The molecule has 0 radical (unpaired) electrons. The van der Waals surface area contributed by atoms with E-state index in [-0.39, 0.29) is 19.4 Å². The average Bonchev–Trinajstić information content (AvgIpc) is 3.46. The Morgan fingerprint density at radius 2 is 0.900 bits per heavy atom. The summed E-state index contributed by atoms with van der Waals surface area (Å²) in [6.07, 6.45) is 64.5. The normalized spacial score (nSPS) is 19.4. The van der Waals surface area contributed by atoms with Crippen molar-refractivity contribution < 1.29 is 49.3 Å². The molecule has 0 aromatic carbocycles. The number of esters is 1. The predicted octanol–water partition coefficient (Wildman–Crippen LogP) is 15.9. The van der Waals surface area contributed by atoms with Crippen LogP contribution in [-0.2, 0) is 23.8 Å². The molecule has 8 unspecified atom stereocenters. The van der Waals surface area contributed by atoms with Gasteiger partial charge in [-0.1, -0.05) is 253 Å². The Kier molecular flexibility index (Phi) is 52.3. The number of carbonyl (C=O) groups excluding carboxylic acids is 2. The Balaban J connectivity index is 2.59. The summed E-state index contributed by atoms with van der Waals surface area (Å²) in [5.41, 5.74) is 0. The molecule has 1 rings (SSSR count). The van der Waals surface area contributed by atoms with Gasteiger partial charge in [0, 0.05) is 6.42 Å². The standard InChI is InChI=1S/C69H119NO10/c1-4-7-10-13-16-19-22-25-26-27-28-29-30-31-32-33-34-35-36-37-38-39-42-45-48-51-54-57-64(74)80-67-66(76)65(75)63(58-71)79-69(67)78-59-60(61(72)55-52-49-46-43-40-23-20-17-14-11-8-5-2)70-68(77)62(73)56-53-50-47-44-41-24-21-18-15-12-9-6-3/h7,10,16,19,25-26,28-29,31-32,34-35,41,44,52,55,60-63,65-67,69,71-73,75-76H,4-6,8-9,11-15,17-18,20-24,27,30,33,36-40,42-43,45-51,53-54,56-59H2,1-3H3,(H,70,77)/b10-7-,19-16-,26-25-,29-28-,32-31-,35-34-,44-41-,55-52+. The molecule has 11 nitrogen and oxygen atoms in total. The summed E-state index contributed by atoms with van der Waals surface area (Å²) in [6.45, 7) is 5.64. The molecular weight excluding hydrogens is 1000 g/mol. The third-order valence-electron chi connectivity index (χ3n) is 14.7. The molecule has 0 spiro atoms. The van der Waals surface area contributed by atoms with Crippen LogP contribution in [-0.4, -0.2) is 99.6 Å². The smallest absolute Gasteiger partial charge is 0.306 e. The SMILES string of the molecule is CC/C=C\C/C=C\C/C=C\C/C=C\C/C=C\C/C=C\CCCCCCCCCCC(=O)OC1C(OCC(NC(=O)C(O)CCCC/C=C\CCCCCCCC)C(O)/C=C/CCCCCCCCCCCC)OC(CO)C(O)C1O. The van der Waals surface area contributed by atoms with Crippen LogP contribution in [0.5, 0.6) is 0 Å². The summed E-state index contributed by atoms with van der Waals surface area (Å²) in [4.78, 5) is 26.5. The summed E-state index contributed by atoms with van der Waals surface area (Å²) in [6, 6.07) is -1.04. The van der Waals surface area contributed by atoms with Gasteiger partial charge in [-0.15, -0.1) is 0 Å². The lowest BCUT2D eigenvalue weighted by Gasteiger charge is -2.41. The lowest BCUT2D eigenvalue weighted by Crippen LogP contribution is -2.61. The van der Waals surface area contributed by atoms with Crippen LogP contribution in [0.4, 0.5) is 0 Å². The number of nitrogens with one attached hydrogen (secondary N) is 1. The zero-order valence-electron chi connectivity index (χ0n) is 50.9. The monoisotopic (exact) mass is 1120 g/mol. The van der Waals surface area contributed by atoms with Gasteiger partial charge in [0.25, 0.3) is 0 Å². The molecule has 0 aliphatic carbocycles. The third-order valence-corrected chi connectivity index (χ3v) is 14.7. The average molecular weight is 1120 g/mol. The van der Waals surface area contributed by atoms with Crippen LogP contribution in [0.25, 0.3) is 0 Å². The second kappa shape index (κ2) is 56.1. The molecule has 1 heterocycles. The van der Waals surface area contributed by atoms with E-state index in [1.54, 1.807) is 6.08 Å². The fourth-order valence-corrected chi connectivity index (χ4v) is 9.59. The highest BCUT2D eigenvalue weighted by molar-refractivity contribution is 5.80. The number of allylic oxidation sites excluding steroid dienone is 15. The first kappa shape index (κ1) is 74.6. The van der Waals surface area contributed by atoms with Crippen molar-refractivity contribution in [3.8, 4) is 0 Å². The quantitative estimate of drug-likeness (QED) is 0.0195. The second-order valence-corrected chi connectivity index (χ2v) is 22.1. The van der Waals surface area contributed by atoms with Crippen molar-refractivity contribution in [2.45, 2.75) is 314 Å². The second-order valence-electron chi connectivity index (χ2n) is 22.1. The Morgan fingerprint density at radius 3 is 1.36 bits per heavy atom. The van der Waals surface area contributed by atoms with E-state index in [2.05, 4.69) is 111 Å². The van der Waals surface area contributed by atoms with Gasteiger partial charge in [-0.2, -0.15) is 0 Å². The van der Waals surface area contributed by atoms with Gasteiger partial charge in [-0.25, -0.2) is 0 Å². The molecule has 6 N–H and O–H groups in total. The van der Waals surface area contributed by atoms with Crippen molar-refractivity contribution in [3.63, 3.8) is 0 Å². The molecule has 8 atom stereocenters. The summed E-state index contributed by atoms with van der Waals surface area (Å²) in [5.74, 6) is -1.22. The Labute approximate surface area is 488 Å². The van der Waals surface area contributed by atoms with Crippen LogP contribution in [0.2, 0.25) is 0 Å². The number of amides is 1. The van der Waals surface area contributed by atoms with E-state index in [0.29, 0.717) is 12.8 Å². The molecule has 0 aromatic heterocycles. The van der Waals surface area contributed by atoms with Crippen molar-refractivity contribution in [1.82, 2.24) is 5.32 Å². The molecule has 80 heavy (non-hydrogen) atoms. The molecule has 0 bridgehead atoms. The van der Waals surface area contributed by atoms with Crippen LogP contribution in [0.15, 0.2) is 97.2 Å². The molecule has 11 heteroatoms. The molecule has 1 aliphatic heterocycles. The van der Waals surface area contributed by atoms with E-state index >= 15 is 0 Å².